The molecule has 0 spiro atoms. The first-order valence-electron chi connectivity index (χ1n) is 8.19. The highest BCUT2D eigenvalue weighted by atomic mass is 15.4. The summed E-state index contributed by atoms with van der Waals surface area (Å²) in [6.07, 6.45) is 0.357. The molecule has 2 unspecified atom stereocenters. The maximum atomic E-state index is 2.53. The third-order valence-corrected chi connectivity index (χ3v) is 5.05. The van der Waals surface area contributed by atoms with E-state index in [-0.39, 0.29) is 0 Å². The maximum absolute atomic E-state index is 2.53. The van der Waals surface area contributed by atoms with Crippen LogP contribution in [0.3, 0.4) is 0 Å². The van der Waals surface area contributed by atoms with Gasteiger partial charge in [-0.15, -0.1) is 0 Å². The molecule has 22 heavy (non-hydrogen) atoms. The van der Waals surface area contributed by atoms with Crippen LogP contribution in [0.1, 0.15) is 31.9 Å². The van der Waals surface area contributed by atoms with Crippen molar-refractivity contribution < 1.29 is 0 Å². The topological polar surface area (TPSA) is 6.48 Å². The van der Waals surface area contributed by atoms with E-state index in [1.54, 1.807) is 0 Å². The minimum Gasteiger partial charge on any atom is -0.347 e. The molecule has 2 heteroatoms. The summed E-state index contributed by atoms with van der Waals surface area (Å²) in [7, 11) is 0. The Labute approximate surface area is 134 Å². The lowest BCUT2D eigenvalue weighted by Gasteiger charge is -2.31. The molecule has 0 N–H and O–H groups in total. The highest BCUT2D eigenvalue weighted by Gasteiger charge is 2.40. The van der Waals surface area contributed by atoms with Crippen LogP contribution in [0.4, 0.5) is 11.4 Å². The quantitative estimate of drug-likeness (QED) is 0.788. The van der Waals surface area contributed by atoms with E-state index in [1.165, 1.54) is 22.5 Å². The van der Waals surface area contributed by atoms with Crippen LogP contribution in [-0.4, -0.2) is 18.2 Å². The van der Waals surface area contributed by atoms with Gasteiger partial charge in [0.1, 0.15) is 0 Å². The van der Waals surface area contributed by atoms with Crippen molar-refractivity contribution in [3.05, 3.63) is 59.7 Å². The van der Waals surface area contributed by atoms with Crippen molar-refractivity contribution >= 4 is 11.4 Å². The first kappa shape index (κ1) is 15.0. The number of hydrogen-bond acceptors (Lipinski definition) is 2. The molecule has 0 saturated carbocycles. The molecule has 2 atom stereocenters. The summed E-state index contributed by atoms with van der Waals surface area (Å²) in [6.45, 7) is 11.2. The molecule has 0 amide bonds. The van der Waals surface area contributed by atoms with Gasteiger partial charge < -0.3 is 9.80 Å². The fraction of sp³-hybridized carbons (Fsp3) is 0.400. The summed E-state index contributed by atoms with van der Waals surface area (Å²) in [5.74, 6) is 0. The Morgan fingerprint density at radius 1 is 0.591 bits per heavy atom. The monoisotopic (exact) mass is 294 g/mol. The zero-order valence-electron chi connectivity index (χ0n) is 14.2. The SMILES string of the molecule is Cc1ccc(N2C(C)C(C)N(c3ccc(C)cc3)C2C)cc1. The Morgan fingerprint density at radius 3 is 1.23 bits per heavy atom. The molecule has 1 fully saturated rings. The highest BCUT2D eigenvalue weighted by Crippen LogP contribution is 2.35. The number of benzene rings is 2. The molecular formula is C20H26N2. The summed E-state index contributed by atoms with van der Waals surface area (Å²) < 4.78 is 0. The molecule has 0 radical (unpaired) electrons. The van der Waals surface area contributed by atoms with Crippen LogP contribution >= 0.6 is 0 Å². The Kier molecular flexibility index (Phi) is 3.86. The van der Waals surface area contributed by atoms with Crippen molar-refractivity contribution in [3.8, 4) is 0 Å². The summed E-state index contributed by atoms with van der Waals surface area (Å²) >= 11 is 0. The molecule has 0 bridgehead atoms. The molecule has 3 rings (SSSR count). The predicted octanol–water partition coefficient (Wildman–Crippen LogP) is 4.75. The van der Waals surface area contributed by atoms with Gasteiger partial charge in [0.2, 0.25) is 0 Å². The van der Waals surface area contributed by atoms with Crippen molar-refractivity contribution in [2.45, 2.75) is 52.9 Å². The fourth-order valence-corrected chi connectivity index (χ4v) is 3.62. The molecule has 116 valence electrons. The second-order valence-electron chi connectivity index (χ2n) is 6.60. The number of anilines is 2. The smallest absolute Gasteiger partial charge is 0.0994 e. The van der Waals surface area contributed by atoms with Crippen LogP contribution in [0, 0.1) is 13.8 Å². The van der Waals surface area contributed by atoms with Gasteiger partial charge in [-0.25, -0.2) is 0 Å². The molecule has 1 aliphatic heterocycles. The van der Waals surface area contributed by atoms with Crippen LogP contribution < -0.4 is 9.80 Å². The fourth-order valence-electron chi connectivity index (χ4n) is 3.62. The molecule has 0 aromatic heterocycles. The lowest BCUT2D eigenvalue weighted by molar-refractivity contribution is 0.646. The van der Waals surface area contributed by atoms with Gasteiger partial charge in [0.15, 0.2) is 0 Å². The predicted molar refractivity (Wildman–Crippen MR) is 95.7 cm³/mol. The Hall–Kier alpha value is -1.96. The second-order valence-corrected chi connectivity index (χ2v) is 6.60. The second kappa shape index (κ2) is 5.68. The lowest BCUT2D eigenvalue weighted by Crippen LogP contribution is -2.38. The minimum atomic E-state index is 0.357. The van der Waals surface area contributed by atoms with Crippen molar-refractivity contribution in [2.24, 2.45) is 0 Å². The zero-order chi connectivity index (χ0) is 15.9. The van der Waals surface area contributed by atoms with Gasteiger partial charge in [-0.2, -0.15) is 0 Å². The Balaban J connectivity index is 1.94. The van der Waals surface area contributed by atoms with E-state index in [2.05, 4.69) is 92.9 Å². The molecule has 2 aromatic carbocycles. The average molecular weight is 294 g/mol. The summed E-state index contributed by atoms with van der Waals surface area (Å²) in [6, 6.07) is 18.8. The Bertz CT molecular complexity index is 572. The van der Waals surface area contributed by atoms with Crippen LogP contribution in [-0.2, 0) is 0 Å². The largest absolute Gasteiger partial charge is 0.347 e. The van der Waals surface area contributed by atoms with Gasteiger partial charge in [0.05, 0.1) is 6.17 Å². The van der Waals surface area contributed by atoms with E-state index in [9.17, 15) is 0 Å². The van der Waals surface area contributed by atoms with Crippen LogP contribution in [0.15, 0.2) is 48.5 Å². The number of aryl methyl sites for hydroxylation is 2. The molecular weight excluding hydrogens is 268 g/mol. The molecule has 1 aliphatic rings. The van der Waals surface area contributed by atoms with Crippen molar-refractivity contribution in [1.82, 2.24) is 0 Å². The lowest BCUT2D eigenvalue weighted by atomic mass is 10.1. The van der Waals surface area contributed by atoms with Crippen molar-refractivity contribution in [3.63, 3.8) is 0 Å². The van der Waals surface area contributed by atoms with E-state index >= 15 is 0 Å². The molecule has 1 saturated heterocycles. The van der Waals surface area contributed by atoms with Crippen LogP contribution in [0.25, 0.3) is 0 Å². The third-order valence-electron chi connectivity index (χ3n) is 5.05. The Morgan fingerprint density at radius 2 is 0.909 bits per heavy atom. The van der Waals surface area contributed by atoms with E-state index in [0.29, 0.717) is 18.2 Å². The highest BCUT2D eigenvalue weighted by molar-refractivity contribution is 5.59. The number of hydrogen-bond donors (Lipinski definition) is 0. The molecule has 0 aliphatic carbocycles. The normalized spacial score (nSPS) is 24.9. The first-order chi connectivity index (χ1) is 10.5. The third kappa shape index (κ3) is 2.47. The standard InChI is InChI=1S/C20H26N2/c1-14-6-10-19(11-7-14)21-16(3)17(4)22(18(21)5)20-12-8-15(2)9-13-20/h6-13,16-18H,1-5H3. The van der Waals surface area contributed by atoms with Gasteiger partial charge in [-0.3, -0.25) is 0 Å². The van der Waals surface area contributed by atoms with Gasteiger partial charge in [0.25, 0.3) is 0 Å². The van der Waals surface area contributed by atoms with Gasteiger partial charge >= 0.3 is 0 Å². The van der Waals surface area contributed by atoms with Gasteiger partial charge in [0, 0.05) is 23.5 Å². The minimum absolute atomic E-state index is 0.357. The number of rotatable bonds is 2. The van der Waals surface area contributed by atoms with Gasteiger partial charge in [-0.05, 0) is 58.9 Å². The van der Waals surface area contributed by atoms with Crippen molar-refractivity contribution in [1.29, 1.82) is 0 Å². The van der Waals surface area contributed by atoms with Crippen LogP contribution in [0.2, 0.25) is 0 Å². The summed E-state index contributed by atoms with van der Waals surface area (Å²) in [5, 5.41) is 0. The zero-order valence-corrected chi connectivity index (χ0v) is 14.2. The molecule has 2 nitrogen and oxygen atoms in total. The van der Waals surface area contributed by atoms with Crippen molar-refractivity contribution in [2.75, 3.05) is 9.80 Å². The summed E-state index contributed by atoms with van der Waals surface area (Å²) in [4.78, 5) is 5.06. The average Bonchev–Trinajstić information content (AvgIpc) is 2.72. The van der Waals surface area contributed by atoms with E-state index in [1.807, 2.05) is 0 Å². The van der Waals surface area contributed by atoms with Gasteiger partial charge in [-0.1, -0.05) is 35.4 Å². The number of nitrogens with zero attached hydrogens (tertiary/aromatic N) is 2. The van der Waals surface area contributed by atoms with E-state index in [0.717, 1.165) is 0 Å². The van der Waals surface area contributed by atoms with E-state index < -0.39 is 0 Å². The van der Waals surface area contributed by atoms with E-state index in [4.69, 9.17) is 0 Å². The van der Waals surface area contributed by atoms with Crippen LogP contribution in [0.5, 0.6) is 0 Å². The maximum Gasteiger partial charge on any atom is 0.0994 e. The first-order valence-corrected chi connectivity index (χ1v) is 8.19. The molecule has 2 aromatic rings. The summed E-state index contributed by atoms with van der Waals surface area (Å²) in [5.41, 5.74) is 5.25. The molecule has 1 heterocycles.